The summed E-state index contributed by atoms with van der Waals surface area (Å²) in [4.78, 5) is 0. The Hall–Kier alpha value is -1.79. The van der Waals surface area contributed by atoms with Gasteiger partial charge in [0.1, 0.15) is 0 Å². The molecule has 21 heavy (non-hydrogen) atoms. The van der Waals surface area contributed by atoms with Crippen LogP contribution in [0.1, 0.15) is 5.82 Å². The molecule has 0 unspecified atom stereocenters. The molecule has 0 amide bonds. The van der Waals surface area contributed by atoms with E-state index in [4.69, 9.17) is 23.2 Å². The first-order valence-corrected chi connectivity index (χ1v) is 6.49. The topological polar surface area (TPSA) is 30.2 Å². The van der Waals surface area contributed by atoms with Gasteiger partial charge in [-0.25, -0.2) is 0 Å². The molecule has 3 aromatic rings. The number of fused-ring (bicyclic) bond motifs is 1. The number of aromatic nitrogens is 3. The van der Waals surface area contributed by atoms with Crippen LogP contribution in [0.25, 0.3) is 16.8 Å². The van der Waals surface area contributed by atoms with Crippen LogP contribution in [0.3, 0.4) is 0 Å². The SMILES string of the molecule is FC(F)(F)c1nnc2ccc(-c3ccc(Cl)cc3Cl)cn12. The standard InChI is InChI=1S/C13H6Cl2F3N3/c14-8-2-3-9(10(15)5-8)7-1-4-11-19-20-12(13(16,17)18)21(11)6-7/h1-6H. The molecule has 8 heteroatoms. The van der Waals surface area contributed by atoms with Crippen molar-refractivity contribution >= 4 is 28.8 Å². The highest BCUT2D eigenvalue weighted by molar-refractivity contribution is 6.36. The summed E-state index contributed by atoms with van der Waals surface area (Å²) >= 11 is 11.9. The van der Waals surface area contributed by atoms with Crippen molar-refractivity contribution < 1.29 is 13.2 Å². The molecule has 0 N–H and O–H groups in total. The van der Waals surface area contributed by atoms with Gasteiger partial charge in [-0.3, -0.25) is 4.40 Å². The third-order valence-electron chi connectivity index (χ3n) is 2.90. The van der Waals surface area contributed by atoms with Crippen LogP contribution in [0.5, 0.6) is 0 Å². The van der Waals surface area contributed by atoms with E-state index in [-0.39, 0.29) is 5.65 Å². The van der Waals surface area contributed by atoms with E-state index >= 15 is 0 Å². The van der Waals surface area contributed by atoms with Crippen molar-refractivity contribution in [1.82, 2.24) is 14.6 Å². The fourth-order valence-electron chi connectivity index (χ4n) is 1.97. The second-order valence-electron chi connectivity index (χ2n) is 4.29. The zero-order valence-corrected chi connectivity index (χ0v) is 11.7. The van der Waals surface area contributed by atoms with Crippen LogP contribution < -0.4 is 0 Å². The van der Waals surface area contributed by atoms with Crippen molar-refractivity contribution in [3.05, 3.63) is 52.4 Å². The summed E-state index contributed by atoms with van der Waals surface area (Å²) in [5.41, 5.74) is 1.19. The van der Waals surface area contributed by atoms with Crippen molar-refractivity contribution in [1.29, 1.82) is 0 Å². The van der Waals surface area contributed by atoms with E-state index in [1.807, 2.05) is 0 Å². The second kappa shape index (κ2) is 4.89. The highest BCUT2D eigenvalue weighted by Crippen LogP contribution is 2.32. The first-order valence-electron chi connectivity index (χ1n) is 5.73. The predicted octanol–water partition coefficient (Wildman–Crippen LogP) is 4.72. The summed E-state index contributed by atoms with van der Waals surface area (Å²) < 4.78 is 39.4. The highest BCUT2D eigenvalue weighted by Gasteiger charge is 2.36. The van der Waals surface area contributed by atoms with E-state index in [1.54, 1.807) is 18.2 Å². The molecule has 3 nitrogen and oxygen atoms in total. The molecule has 0 radical (unpaired) electrons. The van der Waals surface area contributed by atoms with Gasteiger partial charge in [-0.1, -0.05) is 29.3 Å². The van der Waals surface area contributed by atoms with Crippen LogP contribution in [0, 0.1) is 0 Å². The third kappa shape index (κ3) is 2.56. The molecule has 0 spiro atoms. The highest BCUT2D eigenvalue weighted by atomic mass is 35.5. The fraction of sp³-hybridized carbons (Fsp3) is 0.0769. The molecule has 0 fully saturated rings. The van der Waals surface area contributed by atoms with Crippen LogP contribution in [-0.4, -0.2) is 14.6 Å². The third-order valence-corrected chi connectivity index (χ3v) is 3.45. The van der Waals surface area contributed by atoms with Gasteiger partial charge >= 0.3 is 6.18 Å². The van der Waals surface area contributed by atoms with E-state index in [0.29, 0.717) is 21.2 Å². The fourth-order valence-corrected chi connectivity index (χ4v) is 2.48. The lowest BCUT2D eigenvalue weighted by Gasteiger charge is -2.08. The molecule has 1 aromatic carbocycles. The summed E-state index contributed by atoms with van der Waals surface area (Å²) in [5.74, 6) is -1.08. The van der Waals surface area contributed by atoms with Gasteiger partial charge in [0.05, 0.1) is 0 Å². The zero-order chi connectivity index (χ0) is 15.2. The lowest BCUT2D eigenvalue weighted by molar-refractivity contribution is -0.145. The molecular formula is C13H6Cl2F3N3. The number of benzene rings is 1. The van der Waals surface area contributed by atoms with Crippen LogP contribution in [-0.2, 0) is 6.18 Å². The minimum absolute atomic E-state index is 0.108. The Balaban J connectivity index is 2.20. The first kappa shape index (κ1) is 14.2. The molecule has 0 bridgehead atoms. The largest absolute Gasteiger partial charge is 0.452 e. The summed E-state index contributed by atoms with van der Waals surface area (Å²) in [7, 11) is 0. The molecule has 0 atom stereocenters. The average Bonchev–Trinajstić information content (AvgIpc) is 2.81. The van der Waals surface area contributed by atoms with E-state index in [9.17, 15) is 13.2 Å². The Bertz CT molecular complexity index is 827. The Morgan fingerprint density at radius 2 is 1.76 bits per heavy atom. The van der Waals surface area contributed by atoms with Gasteiger partial charge in [0.15, 0.2) is 5.65 Å². The molecule has 0 aliphatic carbocycles. The summed E-state index contributed by atoms with van der Waals surface area (Å²) in [6.45, 7) is 0. The van der Waals surface area contributed by atoms with Gasteiger partial charge in [-0.2, -0.15) is 13.2 Å². The molecule has 0 saturated carbocycles. The Kier molecular flexibility index (Phi) is 3.30. The molecule has 2 heterocycles. The molecule has 0 aliphatic heterocycles. The van der Waals surface area contributed by atoms with Crippen LogP contribution >= 0.6 is 23.2 Å². The normalized spacial score (nSPS) is 12.0. The number of pyridine rings is 1. The van der Waals surface area contributed by atoms with E-state index in [2.05, 4.69) is 10.2 Å². The van der Waals surface area contributed by atoms with Crippen molar-refractivity contribution in [3.63, 3.8) is 0 Å². The van der Waals surface area contributed by atoms with Crippen molar-refractivity contribution in [2.45, 2.75) is 6.18 Å². The number of rotatable bonds is 1. The Morgan fingerprint density at radius 3 is 2.43 bits per heavy atom. The van der Waals surface area contributed by atoms with Crippen molar-refractivity contribution in [2.24, 2.45) is 0 Å². The van der Waals surface area contributed by atoms with Crippen LogP contribution in [0.15, 0.2) is 36.5 Å². The predicted molar refractivity (Wildman–Crippen MR) is 73.4 cm³/mol. The van der Waals surface area contributed by atoms with Crippen LogP contribution in [0.4, 0.5) is 13.2 Å². The van der Waals surface area contributed by atoms with E-state index in [1.165, 1.54) is 18.3 Å². The van der Waals surface area contributed by atoms with E-state index in [0.717, 1.165) is 4.40 Å². The van der Waals surface area contributed by atoms with Gasteiger partial charge in [0.25, 0.3) is 0 Å². The monoisotopic (exact) mass is 331 g/mol. The minimum Gasteiger partial charge on any atom is -0.278 e. The number of halogens is 5. The maximum Gasteiger partial charge on any atom is 0.452 e. The molecular weight excluding hydrogens is 326 g/mol. The average molecular weight is 332 g/mol. The quantitative estimate of drug-likeness (QED) is 0.645. The lowest BCUT2D eigenvalue weighted by Crippen LogP contribution is -2.10. The number of hydrogen-bond acceptors (Lipinski definition) is 2. The number of hydrogen-bond donors (Lipinski definition) is 0. The van der Waals surface area contributed by atoms with Crippen LogP contribution in [0.2, 0.25) is 10.0 Å². The van der Waals surface area contributed by atoms with Crippen molar-refractivity contribution in [2.75, 3.05) is 0 Å². The van der Waals surface area contributed by atoms with E-state index < -0.39 is 12.0 Å². The minimum atomic E-state index is -4.58. The number of nitrogens with zero attached hydrogens (tertiary/aromatic N) is 3. The van der Waals surface area contributed by atoms with Gasteiger partial charge in [-0.05, 0) is 24.3 Å². The molecule has 2 aromatic heterocycles. The van der Waals surface area contributed by atoms with Gasteiger partial charge in [-0.15, -0.1) is 10.2 Å². The summed E-state index contributed by atoms with van der Waals surface area (Å²) in [6, 6.07) is 7.86. The van der Waals surface area contributed by atoms with Gasteiger partial charge in [0.2, 0.25) is 5.82 Å². The van der Waals surface area contributed by atoms with Gasteiger partial charge < -0.3 is 0 Å². The van der Waals surface area contributed by atoms with Gasteiger partial charge in [0, 0.05) is 27.4 Å². The Morgan fingerprint density at radius 1 is 1.00 bits per heavy atom. The molecule has 0 saturated heterocycles. The lowest BCUT2D eigenvalue weighted by atomic mass is 10.1. The Labute approximate surface area is 126 Å². The first-order chi connectivity index (χ1) is 9.86. The zero-order valence-electron chi connectivity index (χ0n) is 10.2. The molecule has 108 valence electrons. The molecule has 0 aliphatic rings. The number of alkyl halides is 3. The summed E-state index contributed by atoms with van der Waals surface area (Å²) in [6.07, 6.45) is -3.28. The summed E-state index contributed by atoms with van der Waals surface area (Å²) in [5, 5.41) is 7.47. The molecule has 3 rings (SSSR count). The second-order valence-corrected chi connectivity index (χ2v) is 5.14. The van der Waals surface area contributed by atoms with Crippen molar-refractivity contribution in [3.8, 4) is 11.1 Å². The maximum atomic E-state index is 12.9. The maximum absolute atomic E-state index is 12.9. The smallest absolute Gasteiger partial charge is 0.278 e.